The molecule has 0 aromatic heterocycles. The first kappa shape index (κ1) is 15.5. The molecule has 1 rings (SSSR count). The van der Waals surface area contributed by atoms with Crippen molar-refractivity contribution in [2.45, 2.75) is 24.8 Å². The van der Waals surface area contributed by atoms with Crippen LogP contribution in [-0.4, -0.2) is 32.6 Å². The molecule has 0 fully saturated rings. The molecule has 1 unspecified atom stereocenters. The summed E-state index contributed by atoms with van der Waals surface area (Å²) in [6, 6.07) is 4.50. The molecule has 106 valence electrons. The Hall–Kier alpha value is -1.60. The maximum atomic E-state index is 12.1. The van der Waals surface area contributed by atoms with Crippen LogP contribution >= 0.6 is 0 Å². The highest BCUT2D eigenvalue weighted by Crippen LogP contribution is 2.22. The Morgan fingerprint density at radius 2 is 1.89 bits per heavy atom. The third kappa shape index (κ3) is 3.68. The van der Waals surface area contributed by atoms with Crippen molar-refractivity contribution in [2.24, 2.45) is 5.92 Å². The molecule has 1 aromatic rings. The van der Waals surface area contributed by atoms with Gasteiger partial charge in [0.1, 0.15) is 16.7 Å². The largest absolute Gasteiger partial charge is 0.507 e. The number of phenolic OH excluding ortho intramolecular Hbond substituents is 1. The van der Waals surface area contributed by atoms with Crippen molar-refractivity contribution >= 4 is 16.0 Å². The van der Waals surface area contributed by atoms with Gasteiger partial charge in [-0.15, -0.1) is 0 Å². The van der Waals surface area contributed by atoms with Crippen molar-refractivity contribution in [1.82, 2.24) is 4.72 Å². The molecule has 19 heavy (non-hydrogen) atoms. The molecular formula is C12H17NO5S. The average molecular weight is 287 g/mol. The maximum absolute atomic E-state index is 12.1. The molecular weight excluding hydrogens is 270 g/mol. The zero-order valence-electron chi connectivity index (χ0n) is 11.0. The van der Waals surface area contributed by atoms with Crippen LogP contribution in [0.4, 0.5) is 0 Å². The molecule has 0 heterocycles. The van der Waals surface area contributed by atoms with Crippen LogP contribution in [0.3, 0.4) is 0 Å². The minimum atomic E-state index is -3.99. The van der Waals surface area contributed by atoms with Gasteiger partial charge < -0.3 is 9.84 Å². The Labute approximate surface area is 112 Å². The number of sulfonamides is 1. The SMILES string of the molecule is COC(=O)C(NS(=O)(=O)c1ccccc1O)C(C)C. The summed E-state index contributed by atoms with van der Waals surface area (Å²) in [6.07, 6.45) is 0. The fourth-order valence-corrected chi connectivity index (χ4v) is 2.93. The van der Waals surface area contributed by atoms with E-state index in [0.29, 0.717) is 0 Å². The molecule has 0 radical (unpaired) electrons. The highest BCUT2D eigenvalue weighted by molar-refractivity contribution is 7.89. The van der Waals surface area contributed by atoms with Crippen LogP contribution in [0.25, 0.3) is 0 Å². The molecule has 2 N–H and O–H groups in total. The van der Waals surface area contributed by atoms with Gasteiger partial charge in [-0.2, -0.15) is 4.72 Å². The van der Waals surface area contributed by atoms with Crippen LogP contribution < -0.4 is 4.72 Å². The molecule has 1 aromatic carbocycles. The Kier molecular flexibility index (Phi) is 4.90. The van der Waals surface area contributed by atoms with Crippen molar-refractivity contribution < 1.29 is 23.1 Å². The number of hydrogen-bond donors (Lipinski definition) is 2. The molecule has 6 nitrogen and oxygen atoms in total. The summed E-state index contributed by atoms with van der Waals surface area (Å²) in [5.74, 6) is -1.33. The van der Waals surface area contributed by atoms with E-state index < -0.39 is 22.0 Å². The fraction of sp³-hybridized carbons (Fsp3) is 0.417. The number of carbonyl (C=O) groups excluding carboxylic acids is 1. The lowest BCUT2D eigenvalue weighted by Crippen LogP contribution is -2.44. The number of benzene rings is 1. The highest BCUT2D eigenvalue weighted by Gasteiger charge is 2.30. The second-order valence-corrected chi connectivity index (χ2v) is 6.02. The Balaban J connectivity index is 3.08. The van der Waals surface area contributed by atoms with E-state index in [1.807, 2.05) is 0 Å². The minimum absolute atomic E-state index is 0.274. The van der Waals surface area contributed by atoms with E-state index in [-0.39, 0.29) is 16.6 Å². The van der Waals surface area contributed by atoms with Gasteiger partial charge in [0.2, 0.25) is 10.0 Å². The van der Waals surface area contributed by atoms with Gasteiger partial charge in [-0.25, -0.2) is 8.42 Å². The number of hydrogen-bond acceptors (Lipinski definition) is 5. The molecule has 1 atom stereocenters. The van der Waals surface area contributed by atoms with Gasteiger partial charge >= 0.3 is 5.97 Å². The number of ether oxygens (including phenoxy) is 1. The number of aromatic hydroxyl groups is 1. The first-order valence-electron chi connectivity index (χ1n) is 5.67. The van der Waals surface area contributed by atoms with Crippen molar-refractivity contribution in [3.8, 4) is 5.75 Å². The summed E-state index contributed by atoms with van der Waals surface area (Å²) in [6.45, 7) is 3.38. The summed E-state index contributed by atoms with van der Waals surface area (Å²) in [5, 5.41) is 9.56. The predicted octanol–water partition coefficient (Wildman–Crippen LogP) is 0.868. The summed E-state index contributed by atoms with van der Waals surface area (Å²) in [5.41, 5.74) is 0. The van der Waals surface area contributed by atoms with Crippen LogP contribution in [0, 0.1) is 5.92 Å². The number of para-hydroxylation sites is 1. The lowest BCUT2D eigenvalue weighted by molar-refractivity contribution is -0.143. The van der Waals surface area contributed by atoms with Crippen molar-refractivity contribution in [2.75, 3.05) is 7.11 Å². The summed E-state index contributed by atoms with van der Waals surface area (Å²) >= 11 is 0. The van der Waals surface area contributed by atoms with E-state index in [1.54, 1.807) is 13.8 Å². The molecule has 0 aliphatic rings. The van der Waals surface area contributed by atoms with Crippen LogP contribution in [0.5, 0.6) is 5.75 Å². The lowest BCUT2D eigenvalue weighted by atomic mass is 10.1. The van der Waals surface area contributed by atoms with Gasteiger partial charge in [-0.1, -0.05) is 26.0 Å². The first-order valence-corrected chi connectivity index (χ1v) is 7.16. The predicted molar refractivity (Wildman–Crippen MR) is 69.1 cm³/mol. The number of nitrogens with one attached hydrogen (secondary N) is 1. The van der Waals surface area contributed by atoms with E-state index >= 15 is 0 Å². The molecule has 0 aliphatic carbocycles. The zero-order chi connectivity index (χ0) is 14.6. The van der Waals surface area contributed by atoms with Crippen LogP contribution in [0.1, 0.15) is 13.8 Å². The quantitative estimate of drug-likeness (QED) is 0.784. The molecule has 0 amide bonds. The van der Waals surface area contributed by atoms with E-state index in [4.69, 9.17) is 0 Å². The van der Waals surface area contributed by atoms with Crippen molar-refractivity contribution in [3.63, 3.8) is 0 Å². The number of rotatable bonds is 5. The second-order valence-electron chi connectivity index (χ2n) is 4.33. The average Bonchev–Trinajstić information content (AvgIpc) is 2.35. The third-order valence-electron chi connectivity index (χ3n) is 2.56. The Bertz CT molecular complexity index is 553. The molecule has 0 bridgehead atoms. The van der Waals surface area contributed by atoms with E-state index in [0.717, 1.165) is 0 Å². The normalized spacial score (nSPS) is 13.3. The maximum Gasteiger partial charge on any atom is 0.324 e. The first-order chi connectivity index (χ1) is 8.79. The highest BCUT2D eigenvalue weighted by atomic mass is 32.2. The lowest BCUT2D eigenvalue weighted by Gasteiger charge is -2.20. The van der Waals surface area contributed by atoms with E-state index in [9.17, 15) is 18.3 Å². The zero-order valence-corrected chi connectivity index (χ0v) is 11.8. The van der Waals surface area contributed by atoms with Crippen molar-refractivity contribution in [3.05, 3.63) is 24.3 Å². The van der Waals surface area contributed by atoms with Crippen LogP contribution in [0.15, 0.2) is 29.2 Å². The summed E-state index contributed by atoms with van der Waals surface area (Å²) < 4.78 is 31.0. The number of carbonyl (C=O) groups is 1. The van der Waals surface area contributed by atoms with Gasteiger partial charge in [0.05, 0.1) is 7.11 Å². The molecule has 0 spiro atoms. The minimum Gasteiger partial charge on any atom is -0.507 e. The Morgan fingerprint density at radius 1 is 1.32 bits per heavy atom. The van der Waals surface area contributed by atoms with Crippen LogP contribution in [0.2, 0.25) is 0 Å². The molecule has 7 heteroatoms. The summed E-state index contributed by atoms with van der Waals surface area (Å²) in [7, 11) is -2.80. The summed E-state index contributed by atoms with van der Waals surface area (Å²) in [4.78, 5) is 11.3. The van der Waals surface area contributed by atoms with E-state index in [1.165, 1.54) is 31.4 Å². The van der Waals surface area contributed by atoms with Gasteiger partial charge in [0.25, 0.3) is 0 Å². The van der Waals surface area contributed by atoms with Gasteiger partial charge in [-0.3, -0.25) is 4.79 Å². The van der Waals surface area contributed by atoms with Gasteiger partial charge in [0.15, 0.2) is 0 Å². The smallest absolute Gasteiger partial charge is 0.324 e. The third-order valence-corrected chi connectivity index (χ3v) is 4.05. The molecule has 0 saturated heterocycles. The van der Waals surface area contributed by atoms with Crippen molar-refractivity contribution in [1.29, 1.82) is 0 Å². The number of esters is 1. The fourth-order valence-electron chi connectivity index (χ4n) is 1.50. The standard InChI is InChI=1S/C12H17NO5S/c1-8(2)11(12(15)18-3)13-19(16,17)10-7-5-4-6-9(10)14/h4-8,11,13-14H,1-3H3. The monoisotopic (exact) mass is 287 g/mol. The second kappa shape index (κ2) is 6.03. The number of phenols is 1. The Morgan fingerprint density at radius 3 is 2.37 bits per heavy atom. The van der Waals surface area contributed by atoms with E-state index in [2.05, 4.69) is 9.46 Å². The molecule has 0 saturated carbocycles. The van der Waals surface area contributed by atoms with Crippen LogP contribution in [-0.2, 0) is 19.6 Å². The molecule has 0 aliphatic heterocycles. The number of methoxy groups -OCH3 is 1. The topological polar surface area (TPSA) is 92.7 Å². The van der Waals surface area contributed by atoms with Gasteiger partial charge in [-0.05, 0) is 18.1 Å². The van der Waals surface area contributed by atoms with Gasteiger partial charge in [0, 0.05) is 0 Å².